The fraction of sp³-hybridized carbons (Fsp3) is 0.188. The van der Waals surface area contributed by atoms with Crippen LogP contribution in [0.2, 0.25) is 0 Å². The lowest BCUT2D eigenvalue weighted by Gasteiger charge is -2.23. The predicted octanol–water partition coefficient (Wildman–Crippen LogP) is 2.19. The lowest BCUT2D eigenvalue weighted by atomic mass is 9.87. The summed E-state index contributed by atoms with van der Waals surface area (Å²) in [6.07, 6.45) is 0.576. The molecule has 0 radical (unpaired) electrons. The summed E-state index contributed by atoms with van der Waals surface area (Å²) >= 11 is 0. The third-order valence-electron chi connectivity index (χ3n) is 3.21. The van der Waals surface area contributed by atoms with Crippen LogP contribution in [0.3, 0.4) is 0 Å². The van der Waals surface area contributed by atoms with Crippen molar-refractivity contribution in [3.63, 3.8) is 0 Å². The molecule has 0 aliphatic carbocycles. The van der Waals surface area contributed by atoms with E-state index in [-0.39, 0.29) is 0 Å². The molecule has 2 aromatic carbocycles. The number of rotatable bonds is 4. The first kappa shape index (κ1) is 13.3. The van der Waals surface area contributed by atoms with Crippen LogP contribution in [0, 0.1) is 0 Å². The largest absolute Gasteiger partial charge is 0.378 e. The van der Waals surface area contributed by atoms with Gasteiger partial charge in [0.05, 0.1) is 0 Å². The average molecular weight is 255 g/mol. The quantitative estimate of drug-likeness (QED) is 0.851. The van der Waals surface area contributed by atoms with Gasteiger partial charge in [-0.1, -0.05) is 42.5 Å². The summed E-state index contributed by atoms with van der Waals surface area (Å²) in [6.45, 7) is 0. The molecule has 0 aromatic heterocycles. The van der Waals surface area contributed by atoms with Gasteiger partial charge < -0.3 is 10.0 Å². The second-order valence-electron chi connectivity index (χ2n) is 4.69. The molecule has 1 unspecified atom stereocenters. The first-order valence-electron chi connectivity index (χ1n) is 6.10. The smallest absolute Gasteiger partial charge is 0.170 e. The van der Waals surface area contributed by atoms with E-state index in [1.807, 2.05) is 37.2 Å². The van der Waals surface area contributed by atoms with Gasteiger partial charge in [-0.3, -0.25) is 4.79 Å². The Balaban J connectivity index is 2.44. The Labute approximate surface area is 113 Å². The highest BCUT2D eigenvalue weighted by molar-refractivity contribution is 5.72. The van der Waals surface area contributed by atoms with E-state index in [1.165, 1.54) is 0 Å². The van der Waals surface area contributed by atoms with Crippen LogP contribution in [0.1, 0.15) is 11.1 Å². The molecule has 0 spiro atoms. The summed E-state index contributed by atoms with van der Waals surface area (Å²) in [4.78, 5) is 13.4. The molecule has 0 heterocycles. The molecular formula is C16H17NO2. The maximum atomic E-state index is 11.4. The average Bonchev–Trinajstić information content (AvgIpc) is 2.47. The monoisotopic (exact) mass is 255 g/mol. The second kappa shape index (κ2) is 5.24. The van der Waals surface area contributed by atoms with Crippen LogP contribution in [-0.2, 0) is 10.4 Å². The first-order chi connectivity index (χ1) is 9.08. The van der Waals surface area contributed by atoms with Crippen molar-refractivity contribution in [1.29, 1.82) is 0 Å². The third kappa shape index (κ3) is 2.51. The summed E-state index contributed by atoms with van der Waals surface area (Å²) in [5, 5.41) is 10.6. The van der Waals surface area contributed by atoms with Crippen molar-refractivity contribution in [3.8, 4) is 0 Å². The van der Waals surface area contributed by atoms with E-state index < -0.39 is 5.60 Å². The molecule has 0 bridgehead atoms. The van der Waals surface area contributed by atoms with Crippen molar-refractivity contribution < 1.29 is 9.90 Å². The van der Waals surface area contributed by atoms with Crippen LogP contribution in [0.15, 0.2) is 54.6 Å². The van der Waals surface area contributed by atoms with Gasteiger partial charge in [0.1, 0.15) is 0 Å². The molecule has 1 atom stereocenters. The van der Waals surface area contributed by atoms with E-state index in [0.717, 1.165) is 5.69 Å². The molecule has 0 aliphatic heterocycles. The molecule has 0 aliphatic rings. The Morgan fingerprint density at radius 3 is 1.95 bits per heavy atom. The van der Waals surface area contributed by atoms with Gasteiger partial charge in [0.15, 0.2) is 11.9 Å². The van der Waals surface area contributed by atoms with E-state index in [9.17, 15) is 9.90 Å². The van der Waals surface area contributed by atoms with Crippen LogP contribution < -0.4 is 4.90 Å². The summed E-state index contributed by atoms with van der Waals surface area (Å²) < 4.78 is 0. The molecule has 0 saturated heterocycles. The zero-order valence-electron chi connectivity index (χ0n) is 11.1. The molecule has 0 saturated carbocycles. The van der Waals surface area contributed by atoms with Crippen LogP contribution in [0.5, 0.6) is 0 Å². The van der Waals surface area contributed by atoms with Gasteiger partial charge in [0, 0.05) is 19.8 Å². The minimum Gasteiger partial charge on any atom is -0.378 e. The van der Waals surface area contributed by atoms with E-state index in [4.69, 9.17) is 0 Å². The van der Waals surface area contributed by atoms with Crippen molar-refractivity contribution in [2.75, 3.05) is 19.0 Å². The Kier molecular flexibility index (Phi) is 3.67. The van der Waals surface area contributed by atoms with Crippen LogP contribution in [0.25, 0.3) is 0 Å². The predicted molar refractivity (Wildman–Crippen MR) is 76.3 cm³/mol. The Bertz CT molecular complexity index is 549. The van der Waals surface area contributed by atoms with Gasteiger partial charge in [0.2, 0.25) is 0 Å². The molecule has 19 heavy (non-hydrogen) atoms. The number of aliphatic hydroxyl groups is 1. The van der Waals surface area contributed by atoms with Crippen molar-refractivity contribution in [1.82, 2.24) is 0 Å². The number of carbonyl (C=O) groups is 1. The van der Waals surface area contributed by atoms with Gasteiger partial charge in [-0.2, -0.15) is 0 Å². The minimum atomic E-state index is -1.59. The Morgan fingerprint density at radius 1 is 0.947 bits per heavy atom. The zero-order chi connectivity index (χ0) is 13.9. The number of nitrogens with zero attached hydrogens (tertiary/aromatic N) is 1. The molecule has 3 heteroatoms. The SMILES string of the molecule is CN(C)c1ccc(C(O)(C=O)c2ccccc2)cc1. The van der Waals surface area contributed by atoms with Gasteiger partial charge in [0.25, 0.3) is 0 Å². The summed E-state index contributed by atoms with van der Waals surface area (Å²) in [5.74, 6) is 0. The lowest BCUT2D eigenvalue weighted by Crippen LogP contribution is -2.29. The molecule has 0 amide bonds. The number of hydrogen-bond acceptors (Lipinski definition) is 3. The molecule has 98 valence electrons. The minimum absolute atomic E-state index is 0.569. The molecule has 2 aromatic rings. The van der Waals surface area contributed by atoms with Gasteiger partial charge in [-0.15, -0.1) is 0 Å². The van der Waals surface area contributed by atoms with Gasteiger partial charge in [-0.25, -0.2) is 0 Å². The summed E-state index contributed by atoms with van der Waals surface area (Å²) in [6, 6.07) is 16.3. The maximum absolute atomic E-state index is 11.4. The normalized spacial score (nSPS) is 13.6. The van der Waals surface area contributed by atoms with E-state index in [2.05, 4.69) is 0 Å². The maximum Gasteiger partial charge on any atom is 0.170 e. The Morgan fingerprint density at radius 2 is 1.47 bits per heavy atom. The zero-order valence-corrected chi connectivity index (χ0v) is 11.1. The topological polar surface area (TPSA) is 40.5 Å². The number of anilines is 1. The van der Waals surface area contributed by atoms with Crippen LogP contribution in [0.4, 0.5) is 5.69 Å². The number of aldehydes is 1. The highest BCUT2D eigenvalue weighted by Gasteiger charge is 2.30. The van der Waals surface area contributed by atoms with Crippen molar-refractivity contribution in [2.24, 2.45) is 0 Å². The lowest BCUT2D eigenvalue weighted by molar-refractivity contribution is -0.121. The third-order valence-corrected chi connectivity index (χ3v) is 3.21. The van der Waals surface area contributed by atoms with Gasteiger partial charge >= 0.3 is 0 Å². The highest BCUT2D eigenvalue weighted by Crippen LogP contribution is 2.28. The summed E-state index contributed by atoms with van der Waals surface area (Å²) in [7, 11) is 3.89. The van der Waals surface area contributed by atoms with Crippen molar-refractivity contribution in [3.05, 3.63) is 65.7 Å². The molecule has 1 N–H and O–H groups in total. The van der Waals surface area contributed by atoms with Crippen molar-refractivity contribution in [2.45, 2.75) is 5.60 Å². The molecule has 2 rings (SSSR count). The number of benzene rings is 2. The highest BCUT2D eigenvalue weighted by atomic mass is 16.3. The summed E-state index contributed by atoms with van der Waals surface area (Å²) in [5.41, 5.74) is 0.568. The van der Waals surface area contributed by atoms with Crippen LogP contribution >= 0.6 is 0 Å². The molecular weight excluding hydrogens is 238 g/mol. The van der Waals surface area contributed by atoms with E-state index in [1.54, 1.807) is 36.4 Å². The Hall–Kier alpha value is -2.13. The molecule has 3 nitrogen and oxygen atoms in total. The van der Waals surface area contributed by atoms with E-state index in [0.29, 0.717) is 17.4 Å². The fourth-order valence-electron chi connectivity index (χ4n) is 2.01. The first-order valence-corrected chi connectivity index (χ1v) is 6.10. The van der Waals surface area contributed by atoms with Gasteiger partial charge in [-0.05, 0) is 23.3 Å². The fourth-order valence-corrected chi connectivity index (χ4v) is 2.01. The van der Waals surface area contributed by atoms with Crippen molar-refractivity contribution >= 4 is 12.0 Å². The molecule has 0 fully saturated rings. The number of carbonyl (C=O) groups excluding carboxylic acids is 1. The number of hydrogen-bond donors (Lipinski definition) is 1. The van der Waals surface area contributed by atoms with E-state index >= 15 is 0 Å². The second-order valence-corrected chi connectivity index (χ2v) is 4.69. The van der Waals surface area contributed by atoms with Crippen LogP contribution in [-0.4, -0.2) is 25.5 Å². The standard InChI is InChI=1S/C16H17NO2/c1-17(2)15-10-8-14(9-11-15)16(19,12-18)13-6-4-3-5-7-13/h3-12,19H,1-2H3.